The highest BCUT2D eigenvalue weighted by Gasteiger charge is 2.56. The largest absolute Gasteiger partial charge is 0.506 e. The number of rotatable bonds is 7. The second-order valence-corrected chi connectivity index (χ2v) is 11.5. The Balaban J connectivity index is 1.51. The molecule has 3 aliphatic heterocycles. The van der Waals surface area contributed by atoms with Gasteiger partial charge in [0.2, 0.25) is 12.2 Å². The number of amides is 1. The molecule has 1 saturated heterocycles. The number of hydrogen-bond acceptors (Lipinski definition) is 12. The van der Waals surface area contributed by atoms with Gasteiger partial charge in [-0.3, -0.25) is 4.79 Å². The van der Waals surface area contributed by atoms with Crippen molar-refractivity contribution in [3.8, 4) is 28.7 Å². The zero-order chi connectivity index (χ0) is 33.1. The number of aromatic hydroxyl groups is 1. The van der Waals surface area contributed by atoms with Crippen LogP contribution in [-0.2, 0) is 24.7 Å². The lowest BCUT2D eigenvalue weighted by Gasteiger charge is -2.42. The molecule has 14 nitrogen and oxygen atoms in total. The summed E-state index contributed by atoms with van der Waals surface area (Å²) in [6.45, 7) is -0.217. The van der Waals surface area contributed by atoms with Crippen LogP contribution in [0, 0.1) is 0 Å². The molecule has 0 saturated carbocycles. The first kappa shape index (κ1) is 31.7. The number of benzene rings is 3. The topological polar surface area (TPSA) is 211 Å². The van der Waals surface area contributed by atoms with Gasteiger partial charge >= 0.3 is 11.9 Å². The Morgan fingerprint density at radius 1 is 1.00 bits per heavy atom. The van der Waals surface area contributed by atoms with E-state index in [0.717, 1.165) is 0 Å². The number of phenolic OH excluding ortho intramolecular Hbond substituents is 1. The molecule has 6 rings (SSSR count). The molecule has 6 atom stereocenters. The second-order valence-electron chi connectivity index (χ2n) is 10.7. The number of ether oxygens (including phenoxy) is 5. The van der Waals surface area contributed by atoms with Gasteiger partial charge in [-0.1, -0.05) is 35.3 Å². The number of carbonyl (C=O) groups is 3. The van der Waals surface area contributed by atoms with Crippen LogP contribution >= 0.6 is 23.2 Å². The van der Waals surface area contributed by atoms with Gasteiger partial charge in [-0.15, -0.1) is 0 Å². The smallest absolute Gasteiger partial charge is 0.343 e. The van der Waals surface area contributed by atoms with E-state index in [1.807, 2.05) is 0 Å². The number of nitrogens with one attached hydrogen (secondary N) is 1. The van der Waals surface area contributed by atoms with Crippen molar-refractivity contribution < 1.29 is 63.6 Å². The van der Waals surface area contributed by atoms with Crippen molar-refractivity contribution in [2.24, 2.45) is 0 Å². The highest BCUT2D eigenvalue weighted by molar-refractivity contribution is 6.32. The molecule has 3 aromatic rings. The molecule has 1 fully saturated rings. The maximum atomic E-state index is 13.8. The van der Waals surface area contributed by atoms with E-state index in [2.05, 4.69) is 5.32 Å². The fraction of sp³-hybridized carbons (Fsp3) is 0.300. The van der Waals surface area contributed by atoms with Crippen molar-refractivity contribution in [1.82, 2.24) is 5.32 Å². The zero-order valence-corrected chi connectivity index (χ0v) is 25.1. The van der Waals surface area contributed by atoms with Crippen LogP contribution in [0.3, 0.4) is 0 Å². The summed E-state index contributed by atoms with van der Waals surface area (Å²) in [6.07, 6.45) is -5.95. The number of fused-ring (bicyclic) bond motifs is 6. The summed E-state index contributed by atoms with van der Waals surface area (Å²) in [7, 11) is 0. The molecule has 242 valence electrons. The number of esters is 1. The van der Waals surface area contributed by atoms with Gasteiger partial charge in [-0.25, -0.2) is 9.59 Å². The molecule has 6 N–H and O–H groups in total. The first-order valence-corrected chi connectivity index (χ1v) is 14.4. The number of carboxylic acids is 1. The number of phenols is 1. The Labute approximate surface area is 269 Å². The number of aliphatic hydroxyl groups is 3. The average Bonchev–Trinajstić information content (AvgIpc) is 3.30. The Bertz CT molecular complexity index is 1770. The fourth-order valence-electron chi connectivity index (χ4n) is 5.78. The third-order valence-corrected chi connectivity index (χ3v) is 8.36. The molecule has 3 aromatic carbocycles. The summed E-state index contributed by atoms with van der Waals surface area (Å²) in [5, 5.41) is 52.7. The predicted octanol–water partition coefficient (Wildman–Crippen LogP) is 2.05. The standard InChI is InChI=1S/C30H25Cl2NO13/c1-11(35)33-25-27(40)26(39)22(9-34)45-29(25)44-18-4-2-3-12-24(18)28(41)46-30(12)13-5-15(31)17(36)7-19(13)43-20-8-21(42-10-23(37)38)16(32)6-14(20)30/h2-8,22,25-27,29,34,36,39-40H,9-10H2,1H3,(H,33,35)(H,37,38)/t22-,25-,26-,27-,29-,30?/m1/s1. The molecule has 16 heteroatoms. The Kier molecular flexibility index (Phi) is 8.13. The SMILES string of the molecule is CC(=O)N[C@H]1[C@H](Oc2cccc3c2C(=O)OC32c3cc(Cl)c(O)cc3Oc3cc(OCC(=O)O)c(Cl)cc32)O[C@H](CO)[C@@H](O)[C@@H]1O. The van der Waals surface area contributed by atoms with Gasteiger partial charge in [0, 0.05) is 35.7 Å². The van der Waals surface area contributed by atoms with Crippen LogP contribution in [-0.4, -0.2) is 87.2 Å². The van der Waals surface area contributed by atoms with Crippen LogP contribution < -0.4 is 19.5 Å². The number of carbonyl (C=O) groups excluding carboxylic acids is 2. The number of halogens is 2. The van der Waals surface area contributed by atoms with E-state index in [-0.39, 0.29) is 61.0 Å². The van der Waals surface area contributed by atoms with Crippen LogP contribution in [0.2, 0.25) is 10.0 Å². The first-order chi connectivity index (χ1) is 21.8. The number of hydrogen-bond donors (Lipinski definition) is 6. The van der Waals surface area contributed by atoms with Crippen LogP contribution in [0.5, 0.6) is 28.7 Å². The lowest BCUT2D eigenvalue weighted by molar-refractivity contribution is -0.244. The maximum Gasteiger partial charge on any atom is 0.343 e. The van der Waals surface area contributed by atoms with Gasteiger partial charge in [-0.2, -0.15) is 0 Å². The minimum absolute atomic E-state index is 0.0375. The van der Waals surface area contributed by atoms with Crippen molar-refractivity contribution >= 4 is 41.0 Å². The highest BCUT2D eigenvalue weighted by Crippen LogP contribution is 2.59. The van der Waals surface area contributed by atoms with Crippen molar-refractivity contribution in [1.29, 1.82) is 0 Å². The lowest BCUT2D eigenvalue weighted by Crippen LogP contribution is -2.65. The number of aliphatic hydroxyl groups excluding tert-OH is 3. The van der Waals surface area contributed by atoms with E-state index < -0.39 is 67.3 Å². The first-order valence-electron chi connectivity index (χ1n) is 13.7. The highest BCUT2D eigenvalue weighted by atomic mass is 35.5. The quantitative estimate of drug-likeness (QED) is 0.198. The molecular weight excluding hydrogens is 653 g/mol. The number of carboxylic acid groups (broad SMARTS) is 1. The lowest BCUT2D eigenvalue weighted by atomic mass is 9.77. The summed E-state index contributed by atoms with van der Waals surface area (Å²) >= 11 is 12.8. The average molecular weight is 678 g/mol. The van der Waals surface area contributed by atoms with Crippen LogP contribution in [0.15, 0.2) is 42.5 Å². The fourth-order valence-corrected chi connectivity index (χ4v) is 6.17. The molecule has 0 aliphatic carbocycles. The summed E-state index contributed by atoms with van der Waals surface area (Å²) < 4.78 is 29.2. The van der Waals surface area contributed by atoms with E-state index >= 15 is 0 Å². The molecule has 1 unspecified atom stereocenters. The zero-order valence-electron chi connectivity index (χ0n) is 23.6. The van der Waals surface area contributed by atoms with Gasteiger partial charge in [0.25, 0.3) is 0 Å². The molecule has 1 amide bonds. The molecule has 3 heterocycles. The van der Waals surface area contributed by atoms with Crippen molar-refractivity contribution in [3.63, 3.8) is 0 Å². The molecule has 3 aliphatic rings. The van der Waals surface area contributed by atoms with Gasteiger partial charge in [0.1, 0.15) is 58.7 Å². The molecule has 0 bridgehead atoms. The van der Waals surface area contributed by atoms with Crippen LogP contribution in [0.1, 0.15) is 34.0 Å². The molecular formula is C30H25Cl2NO13. The van der Waals surface area contributed by atoms with Crippen LogP contribution in [0.4, 0.5) is 0 Å². The Hall–Kier alpha value is -4.31. The van der Waals surface area contributed by atoms with E-state index in [1.54, 1.807) is 6.07 Å². The van der Waals surface area contributed by atoms with E-state index in [1.165, 1.54) is 43.3 Å². The summed E-state index contributed by atoms with van der Waals surface area (Å²) in [5.41, 5.74) is -1.29. The Morgan fingerprint density at radius 2 is 1.70 bits per heavy atom. The molecule has 0 aromatic heterocycles. The molecule has 46 heavy (non-hydrogen) atoms. The van der Waals surface area contributed by atoms with E-state index in [9.17, 15) is 34.8 Å². The third kappa shape index (κ3) is 5.12. The summed E-state index contributed by atoms with van der Waals surface area (Å²) in [6, 6.07) is 8.48. The van der Waals surface area contributed by atoms with Gasteiger partial charge < -0.3 is 54.5 Å². The molecule has 0 radical (unpaired) electrons. The predicted molar refractivity (Wildman–Crippen MR) is 156 cm³/mol. The van der Waals surface area contributed by atoms with E-state index in [0.29, 0.717) is 0 Å². The normalized spacial score (nSPS) is 25.9. The molecule has 1 spiro atoms. The summed E-state index contributed by atoms with van der Waals surface area (Å²) in [5.74, 6) is -3.11. The second kappa shape index (κ2) is 11.8. The van der Waals surface area contributed by atoms with Crippen LogP contribution in [0.25, 0.3) is 0 Å². The Morgan fingerprint density at radius 3 is 2.37 bits per heavy atom. The summed E-state index contributed by atoms with van der Waals surface area (Å²) in [4.78, 5) is 36.9. The van der Waals surface area contributed by atoms with Crippen molar-refractivity contribution in [2.75, 3.05) is 13.2 Å². The van der Waals surface area contributed by atoms with Crippen molar-refractivity contribution in [2.45, 2.75) is 43.2 Å². The maximum absolute atomic E-state index is 13.8. The third-order valence-electron chi connectivity index (χ3n) is 7.76. The minimum Gasteiger partial charge on any atom is -0.506 e. The van der Waals surface area contributed by atoms with Gasteiger partial charge in [-0.05, 0) is 18.2 Å². The van der Waals surface area contributed by atoms with Crippen molar-refractivity contribution in [3.05, 3.63) is 74.8 Å². The van der Waals surface area contributed by atoms with Gasteiger partial charge in [0.15, 0.2) is 12.2 Å². The minimum atomic E-state index is -1.80. The van der Waals surface area contributed by atoms with E-state index in [4.69, 9.17) is 52.0 Å². The van der Waals surface area contributed by atoms with Gasteiger partial charge in [0.05, 0.1) is 16.7 Å². The number of aliphatic carboxylic acids is 1. The monoisotopic (exact) mass is 677 g/mol.